The second-order valence-electron chi connectivity index (χ2n) is 7.58. The van der Waals surface area contributed by atoms with Crippen molar-refractivity contribution in [1.29, 1.82) is 0 Å². The Hall–Kier alpha value is -2.45. The molecule has 0 spiro atoms. The van der Waals surface area contributed by atoms with Crippen LogP contribution in [-0.4, -0.2) is 49.2 Å². The summed E-state index contributed by atoms with van der Waals surface area (Å²) >= 11 is 6.17. The monoisotopic (exact) mass is 403 g/mol. The van der Waals surface area contributed by atoms with Gasteiger partial charge in [0, 0.05) is 23.0 Å². The summed E-state index contributed by atoms with van der Waals surface area (Å²) in [6.07, 6.45) is 3.39. The van der Waals surface area contributed by atoms with Crippen LogP contribution in [0.25, 0.3) is 0 Å². The Bertz CT molecular complexity index is 920. The number of carbonyl (C=O) groups excluding carboxylic acids is 1. The van der Waals surface area contributed by atoms with Gasteiger partial charge in [-0.05, 0) is 43.4 Å². The molecular formula is C19H22ClN5O3. The fourth-order valence-corrected chi connectivity index (χ4v) is 4.66. The average molecular weight is 404 g/mol. The van der Waals surface area contributed by atoms with Crippen molar-refractivity contribution in [1.82, 2.24) is 19.7 Å². The van der Waals surface area contributed by atoms with Gasteiger partial charge in [0.15, 0.2) is 5.82 Å². The number of nitrogens with zero attached hydrogens (tertiary/aromatic N) is 4. The molecule has 2 heterocycles. The molecule has 4 rings (SSSR count). The minimum atomic E-state index is -1.17. The van der Waals surface area contributed by atoms with Crippen LogP contribution in [0.4, 0.5) is 0 Å². The first-order valence-electron chi connectivity index (χ1n) is 9.34. The highest BCUT2D eigenvalue weighted by Crippen LogP contribution is 2.41. The third-order valence-electron chi connectivity index (χ3n) is 6.12. The van der Waals surface area contributed by atoms with Gasteiger partial charge in [0.2, 0.25) is 11.7 Å². The van der Waals surface area contributed by atoms with Gasteiger partial charge in [0.25, 0.3) is 0 Å². The van der Waals surface area contributed by atoms with Gasteiger partial charge in [-0.15, -0.1) is 10.2 Å². The van der Waals surface area contributed by atoms with E-state index in [0.717, 1.165) is 31.2 Å². The molecule has 9 heteroatoms. The van der Waals surface area contributed by atoms with Crippen molar-refractivity contribution in [2.75, 3.05) is 6.54 Å². The lowest BCUT2D eigenvalue weighted by Crippen LogP contribution is -2.50. The number of benzene rings is 1. The van der Waals surface area contributed by atoms with Crippen molar-refractivity contribution in [3.8, 4) is 0 Å². The molecule has 1 fully saturated rings. The van der Waals surface area contributed by atoms with Crippen LogP contribution in [0.3, 0.4) is 0 Å². The van der Waals surface area contributed by atoms with Crippen molar-refractivity contribution in [3.63, 3.8) is 0 Å². The molecule has 1 aromatic carbocycles. The van der Waals surface area contributed by atoms with E-state index in [1.165, 1.54) is 4.57 Å². The molecule has 1 amide bonds. The van der Waals surface area contributed by atoms with E-state index in [0.29, 0.717) is 17.4 Å². The van der Waals surface area contributed by atoms with E-state index in [4.69, 9.17) is 17.3 Å². The summed E-state index contributed by atoms with van der Waals surface area (Å²) in [6.45, 7) is 0.789. The number of aromatic carboxylic acids is 1. The summed E-state index contributed by atoms with van der Waals surface area (Å²) in [6, 6.07) is 7.94. The fraction of sp³-hybridized carbons (Fsp3) is 0.474. The van der Waals surface area contributed by atoms with E-state index < -0.39 is 5.97 Å². The molecule has 1 aliphatic heterocycles. The van der Waals surface area contributed by atoms with Crippen LogP contribution in [0.1, 0.15) is 47.7 Å². The van der Waals surface area contributed by atoms with Crippen LogP contribution < -0.4 is 5.73 Å². The van der Waals surface area contributed by atoms with Gasteiger partial charge in [-0.1, -0.05) is 23.7 Å². The smallest absolute Gasteiger partial charge is 0.374 e. The van der Waals surface area contributed by atoms with E-state index in [-0.39, 0.29) is 36.3 Å². The van der Waals surface area contributed by atoms with Gasteiger partial charge in [0.1, 0.15) is 6.54 Å². The highest BCUT2D eigenvalue weighted by atomic mass is 35.5. The molecule has 148 valence electrons. The van der Waals surface area contributed by atoms with Crippen molar-refractivity contribution < 1.29 is 14.7 Å². The number of hydrogen-bond donors (Lipinski definition) is 2. The Morgan fingerprint density at radius 2 is 2.04 bits per heavy atom. The molecule has 0 atom stereocenters. The molecule has 1 saturated carbocycles. The molecule has 0 radical (unpaired) electrons. The summed E-state index contributed by atoms with van der Waals surface area (Å²) in [7, 11) is 0. The zero-order valence-electron chi connectivity index (χ0n) is 15.3. The topological polar surface area (TPSA) is 114 Å². The lowest BCUT2D eigenvalue weighted by Gasteiger charge is -2.44. The van der Waals surface area contributed by atoms with Gasteiger partial charge in [-0.25, -0.2) is 4.79 Å². The standard InChI is InChI=1S/C19H22ClN5O3/c20-13-3-1-2-12(8-13)19(11-21)6-4-14(5-7-19)24-9-15-22-23-17(18(27)28)25(15)10-16(24)26/h1-3,8,14H,4-7,9-11,21H2,(H,27,28). The number of carbonyl (C=O) groups is 2. The summed E-state index contributed by atoms with van der Waals surface area (Å²) in [4.78, 5) is 25.7. The maximum absolute atomic E-state index is 12.7. The predicted molar refractivity (Wildman–Crippen MR) is 102 cm³/mol. The van der Waals surface area contributed by atoms with Crippen LogP contribution in [0.5, 0.6) is 0 Å². The zero-order valence-corrected chi connectivity index (χ0v) is 16.1. The van der Waals surface area contributed by atoms with E-state index in [1.54, 1.807) is 0 Å². The number of carboxylic acids is 1. The van der Waals surface area contributed by atoms with Gasteiger partial charge in [0.05, 0.1) is 6.54 Å². The van der Waals surface area contributed by atoms with Crippen LogP contribution in [0.2, 0.25) is 5.02 Å². The average Bonchev–Trinajstić information content (AvgIpc) is 3.10. The fourth-order valence-electron chi connectivity index (χ4n) is 4.47. The first-order valence-corrected chi connectivity index (χ1v) is 9.72. The number of amides is 1. The minimum absolute atomic E-state index is 0.0310. The van der Waals surface area contributed by atoms with E-state index in [9.17, 15) is 14.7 Å². The first-order chi connectivity index (χ1) is 13.4. The zero-order chi connectivity index (χ0) is 19.9. The van der Waals surface area contributed by atoms with Crippen molar-refractivity contribution >= 4 is 23.5 Å². The third-order valence-corrected chi connectivity index (χ3v) is 6.36. The summed E-state index contributed by atoms with van der Waals surface area (Å²) in [5.74, 6) is -0.938. The molecule has 0 bridgehead atoms. The van der Waals surface area contributed by atoms with Crippen LogP contribution >= 0.6 is 11.6 Å². The molecule has 0 saturated heterocycles. The van der Waals surface area contributed by atoms with Crippen molar-refractivity contribution in [3.05, 3.63) is 46.5 Å². The number of nitrogens with two attached hydrogens (primary N) is 1. The second-order valence-corrected chi connectivity index (χ2v) is 8.02. The molecule has 8 nitrogen and oxygen atoms in total. The Morgan fingerprint density at radius 3 is 2.68 bits per heavy atom. The first kappa shape index (κ1) is 18.9. The maximum Gasteiger partial charge on any atom is 0.374 e. The maximum atomic E-state index is 12.7. The predicted octanol–water partition coefficient (Wildman–Crippen LogP) is 1.81. The Kier molecular flexibility index (Phi) is 4.84. The Balaban J connectivity index is 1.50. The van der Waals surface area contributed by atoms with Gasteiger partial charge in [-0.3, -0.25) is 9.36 Å². The van der Waals surface area contributed by atoms with Gasteiger partial charge >= 0.3 is 5.97 Å². The lowest BCUT2D eigenvalue weighted by atomic mass is 9.68. The van der Waals surface area contributed by atoms with Crippen LogP contribution in [-0.2, 0) is 23.3 Å². The SMILES string of the molecule is NCC1(c2cccc(Cl)c2)CCC(N2Cc3nnc(C(=O)O)n3CC2=O)CC1. The Morgan fingerprint density at radius 1 is 1.29 bits per heavy atom. The molecule has 3 N–H and O–H groups in total. The van der Waals surface area contributed by atoms with E-state index in [2.05, 4.69) is 16.3 Å². The molecule has 28 heavy (non-hydrogen) atoms. The van der Waals surface area contributed by atoms with Crippen LogP contribution in [0, 0.1) is 0 Å². The molecule has 2 aromatic rings. The molecule has 1 aromatic heterocycles. The summed E-state index contributed by atoms with van der Waals surface area (Å²) < 4.78 is 1.39. The Labute approximate surface area is 167 Å². The highest BCUT2D eigenvalue weighted by Gasteiger charge is 2.40. The molecule has 0 unspecified atom stereocenters. The largest absolute Gasteiger partial charge is 0.475 e. The number of rotatable bonds is 4. The number of hydrogen-bond acceptors (Lipinski definition) is 5. The van der Waals surface area contributed by atoms with Crippen molar-refractivity contribution in [2.24, 2.45) is 5.73 Å². The number of aromatic nitrogens is 3. The molecule has 2 aliphatic rings. The van der Waals surface area contributed by atoms with E-state index in [1.807, 2.05) is 23.1 Å². The quantitative estimate of drug-likeness (QED) is 0.804. The van der Waals surface area contributed by atoms with E-state index >= 15 is 0 Å². The minimum Gasteiger partial charge on any atom is -0.475 e. The second kappa shape index (κ2) is 7.18. The summed E-state index contributed by atoms with van der Waals surface area (Å²) in [5, 5.41) is 17.5. The van der Waals surface area contributed by atoms with Crippen molar-refractivity contribution in [2.45, 2.75) is 50.2 Å². The normalized spacial score (nSPS) is 24.9. The number of carboxylic acid groups (broad SMARTS) is 1. The third kappa shape index (κ3) is 3.16. The molecular weight excluding hydrogens is 382 g/mol. The van der Waals surface area contributed by atoms with Crippen LogP contribution in [0.15, 0.2) is 24.3 Å². The highest BCUT2D eigenvalue weighted by molar-refractivity contribution is 6.30. The number of halogens is 1. The summed E-state index contributed by atoms with van der Waals surface area (Å²) in [5.41, 5.74) is 7.19. The number of fused-ring (bicyclic) bond motifs is 1. The molecule has 1 aliphatic carbocycles. The van der Waals surface area contributed by atoms with Gasteiger partial charge < -0.3 is 15.7 Å². The lowest BCUT2D eigenvalue weighted by molar-refractivity contribution is -0.137. The van der Waals surface area contributed by atoms with Gasteiger partial charge in [-0.2, -0.15) is 0 Å².